The molecular weight excluding hydrogens is 427 g/mol. The van der Waals surface area contributed by atoms with Gasteiger partial charge in [-0.25, -0.2) is 0 Å². The number of ether oxygens (including phenoxy) is 1. The average Bonchev–Trinajstić information content (AvgIpc) is 3.03. The molecule has 1 aliphatic rings. The van der Waals surface area contributed by atoms with Gasteiger partial charge in [0.15, 0.2) is 5.96 Å². The maximum Gasteiger partial charge on any atom is 0.193 e. The van der Waals surface area contributed by atoms with E-state index in [-0.39, 0.29) is 24.0 Å². The van der Waals surface area contributed by atoms with Crippen molar-refractivity contribution in [1.29, 1.82) is 0 Å². The lowest BCUT2D eigenvalue weighted by atomic mass is 10.1. The molecule has 1 aromatic rings. The lowest BCUT2D eigenvalue weighted by molar-refractivity contribution is 0.141. The second kappa shape index (κ2) is 11.7. The number of aliphatic imine (C=N–C) groups is 1. The topological polar surface area (TPSA) is 40.1 Å². The van der Waals surface area contributed by atoms with Gasteiger partial charge in [0, 0.05) is 46.9 Å². The zero-order chi connectivity index (χ0) is 17.4. The van der Waals surface area contributed by atoms with E-state index >= 15 is 0 Å². The minimum Gasteiger partial charge on any atom is -0.383 e. The van der Waals surface area contributed by atoms with E-state index in [1.807, 2.05) is 7.05 Å². The van der Waals surface area contributed by atoms with Crippen LogP contribution in [0.2, 0.25) is 0 Å². The van der Waals surface area contributed by atoms with Crippen LogP contribution in [0, 0.1) is 6.92 Å². The lowest BCUT2D eigenvalue weighted by Gasteiger charge is -2.28. The summed E-state index contributed by atoms with van der Waals surface area (Å²) >= 11 is 0. The number of halogens is 1. The highest BCUT2D eigenvalue weighted by atomic mass is 127. The van der Waals surface area contributed by atoms with E-state index in [0.29, 0.717) is 6.04 Å². The predicted octanol–water partition coefficient (Wildman–Crippen LogP) is 2.73. The average molecular weight is 460 g/mol. The van der Waals surface area contributed by atoms with Gasteiger partial charge in [0.05, 0.1) is 6.61 Å². The largest absolute Gasteiger partial charge is 0.383 e. The van der Waals surface area contributed by atoms with E-state index < -0.39 is 0 Å². The number of hydrogen-bond acceptors (Lipinski definition) is 3. The molecule has 1 aromatic carbocycles. The zero-order valence-corrected chi connectivity index (χ0v) is 18.3. The Morgan fingerprint density at radius 1 is 1.40 bits per heavy atom. The van der Waals surface area contributed by atoms with Gasteiger partial charge in [-0.3, -0.25) is 9.89 Å². The van der Waals surface area contributed by atoms with Crippen LogP contribution in [-0.4, -0.2) is 69.2 Å². The van der Waals surface area contributed by atoms with E-state index in [0.717, 1.165) is 32.2 Å². The summed E-state index contributed by atoms with van der Waals surface area (Å²) in [4.78, 5) is 9.16. The number of guanidine groups is 1. The molecule has 1 saturated heterocycles. The Labute approximate surface area is 169 Å². The van der Waals surface area contributed by atoms with Crippen molar-refractivity contribution in [2.75, 3.05) is 47.4 Å². The first kappa shape index (κ1) is 22.2. The van der Waals surface area contributed by atoms with Gasteiger partial charge in [0.2, 0.25) is 0 Å². The molecule has 0 aliphatic carbocycles. The maximum absolute atomic E-state index is 5.22. The van der Waals surface area contributed by atoms with Crippen molar-refractivity contribution in [3.8, 4) is 0 Å². The summed E-state index contributed by atoms with van der Waals surface area (Å²) in [5, 5.41) is 3.55. The van der Waals surface area contributed by atoms with Gasteiger partial charge < -0.3 is 15.0 Å². The second-order valence-electron chi connectivity index (χ2n) is 6.54. The van der Waals surface area contributed by atoms with E-state index in [2.05, 4.69) is 58.3 Å². The molecular formula is C19H33IN4O. The van der Waals surface area contributed by atoms with Crippen LogP contribution in [0.3, 0.4) is 0 Å². The van der Waals surface area contributed by atoms with Crippen LogP contribution in [0.5, 0.6) is 0 Å². The molecule has 2 rings (SSSR count). The normalized spacial score (nSPS) is 18.1. The fraction of sp³-hybridized carbons (Fsp3) is 0.632. The highest BCUT2D eigenvalue weighted by Gasteiger charge is 2.24. The first-order valence-electron chi connectivity index (χ1n) is 8.85. The summed E-state index contributed by atoms with van der Waals surface area (Å²) in [7, 11) is 5.72. The molecule has 1 aliphatic heterocycles. The van der Waals surface area contributed by atoms with Gasteiger partial charge in [-0.2, -0.15) is 0 Å². The van der Waals surface area contributed by atoms with E-state index in [1.54, 1.807) is 7.11 Å². The molecule has 1 unspecified atom stereocenters. The molecule has 1 N–H and O–H groups in total. The molecule has 1 fully saturated rings. The smallest absolute Gasteiger partial charge is 0.193 e. The molecule has 1 atom stereocenters. The molecule has 0 spiro atoms. The molecule has 0 aromatic heterocycles. The Morgan fingerprint density at radius 2 is 2.16 bits per heavy atom. The molecule has 0 radical (unpaired) electrons. The Kier molecular flexibility index (Phi) is 10.4. The fourth-order valence-corrected chi connectivity index (χ4v) is 3.34. The summed E-state index contributed by atoms with van der Waals surface area (Å²) in [6.45, 7) is 6.96. The highest BCUT2D eigenvalue weighted by molar-refractivity contribution is 14.0. The number of likely N-dealkylation sites (tertiary alicyclic amines) is 1. The van der Waals surface area contributed by atoms with E-state index in [1.165, 1.54) is 30.5 Å². The third-order valence-corrected chi connectivity index (χ3v) is 4.82. The zero-order valence-electron chi connectivity index (χ0n) is 16.0. The molecule has 6 heteroatoms. The van der Waals surface area contributed by atoms with Crippen molar-refractivity contribution in [1.82, 2.24) is 15.1 Å². The molecule has 5 nitrogen and oxygen atoms in total. The van der Waals surface area contributed by atoms with Crippen molar-refractivity contribution in [3.63, 3.8) is 0 Å². The number of benzene rings is 1. The van der Waals surface area contributed by atoms with Gasteiger partial charge in [-0.15, -0.1) is 24.0 Å². The number of methoxy groups -OCH3 is 1. The van der Waals surface area contributed by atoms with E-state index in [9.17, 15) is 0 Å². The Bertz CT molecular complexity index is 538. The summed E-state index contributed by atoms with van der Waals surface area (Å²) < 4.78 is 5.22. The molecule has 25 heavy (non-hydrogen) atoms. The summed E-state index contributed by atoms with van der Waals surface area (Å²) in [6, 6.07) is 9.09. The maximum atomic E-state index is 5.22. The lowest BCUT2D eigenvalue weighted by Crippen LogP contribution is -2.45. The van der Waals surface area contributed by atoms with E-state index in [4.69, 9.17) is 4.74 Å². The third kappa shape index (κ3) is 6.75. The van der Waals surface area contributed by atoms with Crippen LogP contribution in [0.15, 0.2) is 29.3 Å². The fourth-order valence-electron chi connectivity index (χ4n) is 3.34. The minimum atomic E-state index is 0. The standard InChI is InChI=1S/C19H32N4O.HI/c1-16-8-5-6-9-17(16)15-22(3)19(20-2)21-14-18-10-7-11-23(18)12-13-24-4;/h5-6,8-9,18H,7,10-15H2,1-4H3,(H,20,21);1H. The monoisotopic (exact) mass is 460 g/mol. The van der Waals surface area contributed by atoms with Crippen LogP contribution >= 0.6 is 24.0 Å². The first-order chi connectivity index (χ1) is 11.7. The van der Waals surface area contributed by atoms with Crippen molar-refractivity contribution in [3.05, 3.63) is 35.4 Å². The van der Waals surface area contributed by atoms with Gasteiger partial charge in [0.1, 0.15) is 0 Å². The van der Waals surface area contributed by atoms with Gasteiger partial charge in [-0.1, -0.05) is 24.3 Å². The Hall–Kier alpha value is -0.860. The van der Waals surface area contributed by atoms with Crippen LogP contribution < -0.4 is 5.32 Å². The van der Waals surface area contributed by atoms with Crippen LogP contribution in [-0.2, 0) is 11.3 Å². The summed E-state index contributed by atoms with van der Waals surface area (Å²) in [6.07, 6.45) is 2.52. The molecule has 142 valence electrons. The molecule has 0 amide bonds. The SMILES string of the molecule is CN=C(NCC1CCCN1CCOC)N(C)Cc1ccccc1C.I. The number of rotatable bonds is 7. The second-order valence-corrected chi connectivity index (χ2v) is 6.54. The highest BCUT2D eigenvalue weighted by Crippen LogP contribution is 2.16. The Morgan fingerprint density at radius 3 is 2.84 bits per heavy atom. The van der Waals surface area contributed by atoms with Crippen molar-refractivity contribution < 1.29 is 4.74 Å². The van der Waals surface area contributed by atoms with Crippen LogP contribution in [0.1, 0.15) is 24.0 Å². The van der Waals surface area contributed by atoms with Crippen molar-refractivity contribution in [2.45, 2.75) is 32.4 Å². The summed E-state index contributed by atoms with van der Waals surface area (Å²) in [5.74, 6) is 0.955. The van der Waals surface area contributed by atoms with Crippen molar-refractivity contribution in [2.24, 2.45) is 4.99 Å². The number of nitrogens with one attached hydrogen (secondary N) is 1. The third-order valence-electron chi connectivity index (χ3n) is 4.82. The van der Waals surface area contributed by atoms with Crippen LogP contribution in [0.4, 0.5) is 0 Å². The Balaban J connectivity index is 0.00000312. The van der Waals surface area contributed by atoms with Crippen LogP contribution in [0.25, 0.3) is 0 Å². The molecule has 0 bridgehead atoms. The summed E-state index contributed by atoms with van der Waals surface area (Å²) in [5.41, 5.74) is 2.66. The van der Waals surface area contributed by atoms with Crippen molar-refractivity contribution >= 4 is 29.9 Å². The van der Waals surface area contributed by atoms with Gasteiger partial charge >= 0.3 is 0 Å². The predicted molar refractivity (Wildman–Crippen MR) is 116 cm³/mol. The number of aryl methyl sites for hydroxylation is 1. The van der Waals surface area contributed by atoms with Gasteiger partial charge in [0.25, 0.3) is 0 Å². The molecule has 1 heterocycles. The molecule has 0 saturated carbocycles. The quantitative estimate of drug-likeness (QED) is 0.386. The number of hydrogen-bond donors (Lipinski definition) is 1. The minimum absolute atomic E-state index is 0. The first-order valence-corrected chi connectivity index (χ1v) is 8.85. The van der Waals surface area contributed by atoms with Gasteiger partial charge in [-0.05, 0) is 37.4 Å². The number of nitrogens with zero attached hydrogens (tertiary/aromatic N) is 3.